The molecule has 0 spiro atoms. The summed E-state index contributed by atoms with van der Waals surface area (Å²) in [6.07, 6.45) is 3.73. The Balaban J connectivity index is 0.00000242. The summed E-state index contributed by atoms with van der Waals surface area (Å²) in [6, 6.07) is 10.3. The van der Waals surface area contributed by atoms with Gasteiger partial charge < -0.3 is 15.4 Å². The van der Waals surface area contributed by atoms with E-state index in [4.69, 9.17) is 4.74 Å². The second-order valence-corrected chi connectivity index (χ2v) is 5.48. The Morgan fingerprint density at radius 1 is 1.23 bits per heavy atom. The molecule has 0 atom stereocenters. The van der Waals surface area contributed by atoms with Crippen LogP contribution in [0.3, 0.4) is 0 Å². The maximum atomic E-state index is 5.63. The van der Waals surface area contributed by atoms with Gasteiger partial charge in [0, 0.05) is 26.3 Å². The molecule has 1 aliphatic rings. The van der Waals surface area contributed by atoms with Crippen molar-refractivity contribution >= 4 is 29.9 Å². The molecule has 0 amide bonds. The van der Waals surface area contributed by atoms with E-state index in [1.807, 2.05) is 18.2 Å². The highest BCUT2D eigenvalue weighted by atomic mass is 127. The number of hydrogen-bond acceptors (Lipinski definition) is 2. The number of ether oxygens (including phenoxy) is 1. The van der Waals surface area contributed by atoms with Crippen LogP contribution in [0, 0.1) is 5.92 Å². The van der Waals surface area contributed by atoms with E-state index >= 15 is 0 Å². The monoisotopic (exact) mass is 417 g/mol. The van der Waals surface area contributed by atoms with Gasteiger partial charge in [-0.2, -0.15) is 0 Å². The van der Waals surface area contributed by atoms with Gasteiger partial charge in [0.15, 0.2) is 5.96 Å². The molecule has 1 aromatic rings. The van der Waals surface area contributed by atoms with Crippen LogP contribution >= 0.6 is 24.0 Å². The molecule has 0 saturated heterocycles. The lowest BCUT2D eigenvalue weighted by Crippen LogP contribution is -2.38. The summed E-state index contributed by atoms with van der Waals surface area (Å²) in [6.45, 7) is 6.33. The quantitative estimate of drug-likeness (QED) is 0.281. The lowest BCUT2D eigenvalue weighted by molar-refractivity contribution is 0.123. The Morgan fingerprint density at radius 2 is 2.00 bits per heavy atom. The van der Waals surface area contributed by atoms with Gasteiger partial charge in [-0.05, 0) is 37.7 Å². The van der Waals surface area contributed by atoms with Crippen molar-refractivity contribution in [3.8, 4) is 0 Å². The van der Waals surface area contributed by atoms with E-state index in [2.05, 4.69) is 34.7 Å². The molecule has 1 aliphatic carbocycles. The van der Waals surface area contributed by atoms with Crippen LogP contribution in [-0.2, 0) is 11.3 Å². The first kappa shape index (κ1) is 19.2. The normalized spacial score (nSPS) is 14.3. The second-order valence-electron chi connectivity index (χ2n) is 5.48. The van der Waals surface area contributed by atoms with Crippen molar-refractivity contribution in [2.45, 2.75) is 32.7 Å². The van der Waals surface area contributed by atoms with Crippen molar-refractivity contribution in [2.24, 2.45) is 10.9 Å². The zero-order valence-corrected chi connectivity index (χ0v) is 15.7. The second kappa shape index (κ2) is 11.7. The molecular weight excluding hydrogens is 389 g/mol. The number of halogens is 1. The van der Waals surface area contributed by atoms with Crippen molar-refractivity contribution < 1.29 is 4.74 Å². The van der Waals surface area contributed by atoms with Crippen LogP contribution in [0.15, 0.2) is 35.3 Å². The molecule has 1 fully saturated rings. The van der Waals surface area contributed by atoms with E-state index in [1.165, 1.54) is 18.4 Å². The molecule has 0 bridgehead atoms. The Bertz CT molecular complexity index is 421. The minimum atomic E-state index is 0. The summed E-state index contributed by atoms with van der Waals surface area (Å²) in [5.74, 6) is 1.73. The Hall–Kier alpha value is -0.820. The zero-order chi connectivity index (χ0) is 14.8. The number of guanidine groups is 1. The molecule has 0 heterocycles. The largest absolute Gasteiger partial charge is 0.381 e. The fourth-order valence-electron chi connectivity index (χ4n) is 2.01. The SMILES string of the molecule is CCNC(=NCc1ccccc1)NCCCOCC1CC1.I. The minimum absolute atomic E-state index is 0. The van der Waals surface area contributed by atoms with E-state index in [1.54, 1.807) is 0 Å². The van der Waals surface area contributed by atoms with Crippen molar-refractivity contribution in [3.05, 3.63) is 35.9 Å². The predicted molar refractivity (Wildman–Crippen MR) is 103 cm³/mol. The summed E-state index contributed by atoms with van der Waals surface area (Å²) in [7, 11) is 0. The van der Waals surface area contributed by atoms with E-state index in [0.717, 1.165) is 44.6 Å². The summed E-state index contributed by atoms with van der Waals surface area (Å²) >= 11 is 0. The van der Waals surface area contributed by atoms with Gasteiger partial charge >= 0.3 is 0 Å². The van der Waals surface area contributed by atoms with Gasteiger partial charge in [0.05, 0.1) is 6.54 Å². The van der Waals surface area contributed by atoms with Gasteiger partial charge in [-0.3, -0.25) is 0 Å². The molecule has 0 radical (unpaired) electrons. The van der Waals surface area contributed by atoms with E-state index in [9.17, 15) is 0 Å². The maximum Gasteiger partial charge on any atom is 0.191 e. The lowest BCUT2D eigenvalue weighted by Gasteiger charge is -2.11. The number of nitrogens with zero attached hydrogens (tertiary/aromatic N) is 1. The van der Waals surface area contributed by atoms with Gasteiger partial charge in [-0.1, -0.05) is 30.3 Å². The molecule has 4 nitrogen and oxygen atoms in total. The molecule has 0 aliphatic heterocycles. The average molecular weight is 417 g/mol. The Morgan fingerprint density at radius 3 is 2.68 bits per heavy atom. The third-order valence-corrected chi connectivity index (χ3v) is 3.42. The van der Waals surface area contributed by atoms with Crippen LogP contribution in [0.2, 0.25) is 0 Å². The average Bonchev–Trinajstić information content (AvgIpc) is 3.33. The molecule has 124 valence electrons. The van der Waals surface area contributed by atoms with Crippen LogP contribution in [0.1, 0.15) is 31.7 Å². The first-order valence-corrected chi connectivity index (χ1v) is 8.02. The highest BCUT2D eigenvalue weighted by Gasteiger charge is 2.20. The van der Waals surface area contributed by atoms with Crippen molar-refractivity contribution in [1.82, 2.24) is 10.6 Å². The highest BCUT2D eigenvalue weighted by Crippen LogP contribution is 2.28. The number of rotatable bonds is 9. The number of aliphatic imine (C=N–C) groups is 1. The van der Waals surface area contributed by atoms with Crippen molar-refractivity contribution in [2.75, 3.05) is 26.3 Å². The van der Waals surface area contributed by atoms with E-state index in [-0.39, 0.29) is 24.0 Å². The third-order valence-electron chi connectivity index (χ3n) is 3.42. The van der Waals surface area contributed by atoms with Gasteiger partial charge in [0.2, 0.25) is 0 Å². The van der Waals surface area contributed by atoms with Crippen LogP contribution in [0.25, 0.3) is 0 Å². The smallest absolute Gasteiger partial charge is 0.191 e. The molecule has 2 N–H and O–H groups in total. The summed E-state index contributed by atoms with van der Waals surface area (Å²) in [5, 5.41) is 6.62. The van der Waals surface area contributed by atoms with Crippen molar-refractivity contribution in [1.29, 1.82) is 0 Å². The molecule has 0 unspecified atom stereocenters. The summed E-state index contributed by atoms with van der Waals surface area (Å²) in [5.41, 5.74) is 1.22. The number of benzene rings is 1. The number of nitrogens with one attached hydrogen (secondary N) is 2. The molecule has 5 heteroatoms. The molecule has 1 aromatic carbocycles. The van der Waals surface area contributed by atoms with Crippen LogP contribution in [0.5, 0.6) is 0 Å². The first-order valence-electron chi connectivity index (χ1n) is 8.02. The molecular formula is C17H28IN3O. The standard InChI is InChI=1S/C17H27N3O.HI/c1-2-18-17(20-13-15-7-4-3-5-8-15)19-11-6-12-21-14-16-9-10-16;/h3-5,7-8,16H,2,6,9-14H2,1H3,(H2,18,19,20);1H. The van der Waals surface area contributed by atoms with Crippen LogP contribution in [-0.4, -0.2) is 32.3 Å². The number of hydrogen-bond donors (Lipinski definition) is 2. The van der Waals surface area contributed by atoms with Gasteiger partial charge in [-0.15, -0.1) is 24.0 Å². The zero-order valence-electron chi connectivity index (χ0n) is 13.4. The topological polar surface area (TPSA) is 45.7 Å². The van der Waals surface area contributed by atoms with Gasteiger partial charge in [0.1, 0.15) is 0 Å². The van der Waals surface area contributed by atoms with Crippen molar-refractivity contribution in [3.63, 3.8) is 0 Å². The fourth-order valence-corrected chi connectivity index (χ4v) is 2.01. The predicted octanol–water partition coefficient (Wildman–Crippen LogP) is 3.18. The molecule has 0 aromatic heterocycles. The van der Waals surface area contributed by atoms with Gasteiger partial charge in [-0.25, -0.2) is 4.99 Å². The molecule has 1 saturated carbocycles. The third kappa shape index (κ3) is 8.58. The summed E-state index contributed by atoms with van der Waals surface area (Å²) < 4.78 is 5.63. The van der Waals surface area contributed by atoms with Crippen LogP contribution < -0.4 is 10.6 Å². The van der Waals surface area contributed by atoms with Gasteiger partial charge in [0.25, 0.3) is 0 Å². The minimum Gasteiger partial charge on any atom is -0.381 e. The Kier molecular flexibility index (Phi) is 10.2. The van der Waals surface area contributed by atoms with Crippen LogP contribution in [0.4, 0.5) is 0 Å². The first-order chi connectivity index (χ1) is 10.4. The Labute approximate surface area is 151 Å². The molecule has 22 heavy (non-hydrogen) atoms. The van der Waals surface area contributed by atoms with E-state index in [0.29, 0.717) is 6.54 Å². The molecule has 2 rings (SSSR count). The highest BCUT2D eigenvalue weighted by molar-refractivity contribution is 14.0. The maximum absolute atomic E-state index is 5.63. The lowest BCUT2D eigenvalue weighted by atomic mass is 10.2. The fraction of sp³-hybridized carbons (Fsp3) is 0.588. The van der Waals surface area contributed by atoms with E-state index < -0.39 is 0 Å². The summed E-state index contributed by atoms with van der Waals surface area (Å²) in [4.78, 5) is 4.59.